The molecule has 74 valence electrons. The number of hydrogen-bond acceptors (Lipinski definition) is 2. The van der Waals surface area contributed by atoms with Crippen LogP contribution in [0.4, 0.5) is 0 Å². The second-order valence-electron chi connectivity index (χ2n) is 4.46. The summed E-state index contributed by atoms with van der Waals surface area (Å²) in [4.78, 5) is 0. The highest BCUT2D eigenvalue weighted by atomic mass is 32.2. The summed E-state index contributed by atoms with van der Waals surface area (Å²) in [6, 6.07) is 0. The van der Waals surface area contributed by atoms with Crippen molar-refractivity contribution < 1.29 is 8.42 Å². The van der Waals surface area contributed by atoms with Gasteiger partial charge in [0.25, 0.3) is 0 Å². The molecule has 0 saturated heterocycles. The largest absolute Gasteiger partial charge is 0.229 e. The Labute approximate surface area is 76.3 Å². The molecule has 0 rings (SSSR count). The van der Waals surface area contributed by atoms with Crippen molar-refractivity contribution in [3.63, 3.8) is 0 Å². The molecular weight excluding hydrogens is 172 g/mol. The second-order valence-corrected chi connectivity index (χ2v) is 6.77. The third-order valence-electron chi connectivity index (χ3n) is 1.68. The average molecular weight is 192 g/mol. The highest BCUT2D eigenvalue weighted by Gasteiger charge is 2.16. The van der Waals surface area contributed by atoms with Gasteiger partial charge in [0.1, 0.15) is 9.84 Å². The van der Waals surface area contributed by atoms with Crippen molar-refractivity contribution in [3.05, 3.63) is 0 Å². The van der Waals surface area contributed by atoms with Gasteiger partial charge in [-0.25, -0.2) is 8.42 Å². The monoisotopic (exact) mass is 192 g/mol. The van der Waals surface area contributed by atoms with E-state index in [1.54, 1.807) is 0 Å². The topological polar surface area (TPSA) is 34.1 Å². The minimum atomic E-state index is -2.76. The fraction of sp³-hybridized carbons (Fsp3) is 1.00. The van der Waals surface area contributed by atoms with Crippen LogP contribution in [0.2, 0.25) is 0 Å². The molecule has 0 atom stereocenters. The SMILES string of the molecule is CCCS(=O)(=O)CCC(C)(C)C. The Balaban J connectivity index is 3.94. The molecule has 0 aliphatic carbocycles. The lowest BCUT2D eigenvalue weighted by molar-refractivity contribution is 0.397. The van der Waals surface area contributed by atoms with Gasteiger partial charge in [-0.05, 0) is 18.3 Å². The van der Waals surface area contributed by atoms with E-state index in [1.165, 1.54) is 0 Å². The maximum absolute atomic E-state index is 11.3. The van der Waals surface area contributed by atoms with Gasteiger partial charge in [-0.15, -0.1) is 0 Å². The van der Waals surface area contributed by atoms with Gasteiger partial charge >= 0.3 is 0 Å². The Morgan fingerprint density at radius 3 is 1.92 bits per heavy atom. The van der Waals surface area contributed by atoms with Gasteiger partial charge in [0.15, 0.2) is 0 Å². The molecule has 0 unspecified atom stereocenters. The first kappa shape index (κ1) is 11.9. The van der Waals surface area contributed by atoms with Crippen LogP contribution in [0.15, 0.2) is 0 Å². The summed E-state index contributed by atoms with van der Waals surface area (Å²) in [6.07, 6.45) is 1.49. The van der Waals surface area contributed by atoms with E-state index in [1.807, 2.05) is 6.92 Å². The molecule has 0 aliphatic rings. The van der Waals surface area contributed by atoms with Crippen LogP contribution in [0, 0.1) is 5.41 Å². The molecule has 0 radical (unpaired) electrons. The molecule has 0 heterocycles. The van der Waals surface area contributed by atoms with Crippen molar-refractivity contribution in [2.24, 2.45) is 5.41 Å². The van der Waals surface area contributed by atoms with E-state index in [0.717, 1.165) is 12.8 Å². The third-order valence-corrected chi connectivity index (χ3v) is 3.53. The van der Waals surface area contributed by atoms with Gasteiger partial charge in [0.05, 0.1) is 5.75 Å². The van der Waals surface area contributed by atoms with Crippen molar-refractivity contribution in [1.82, 2.24) is 0 Å². The smallest absolute Gasteiger partial charge is 0.150 e. The Morgan fingerprint density at radius 1 is 1.08 bits per heavy atom. The van der Waals surface area contributed by atoms with E-state index in [9.17, 15) is 8.42 Å². The molecule has 12 heavy (non-hydrogen) atoms. The molecule has 0 amide bonds. The van der Waals surface area contributed by atoms with E-state index in [4.69, 9.17) is 0 Å². The zero-order chi connectivity index (χ0) is 9.83. The minimum absolute atomic E-state index is 0.126. The minimum Gasteiger partial charge on any atom is -0.229 e. The summed E-state index contributed by atoms with van der Waals surface area (Å²) < 4.78 is 22.6. The zero-order valence-corrected chi connectivity index (χ0v) is 9.37. The van der Waals surface area contributed by atoms with Gasteiger partial charge in [-0.2, -0.15) is 0 Å². The van der Waals surface area contributed by atoms with Crippen molar-refractivity contribution in [2.45, 2.75) is 40.5 Å². The Morgan fingerprint density at radius 2 is 1.58 bits per heavy atom. The third kappa shape index (κ3) is 6.65. The standard InChI is InChI=1S/C9H20O2S/c1-5-7-12(10,11)8-6-9(2,3)4/h5-8H2,1-4H3. The Hall–Kier alpha value is -0.0500. The van der Waals surface area contributed by atoms with Crippen molar-refractivity contribution in [3.8, 4) is 0 Å². The van der Waals surface area contributed by atoms with Crippen molar-refractivity contribution >= 4 is 9.84 Å². The first-order chi connectivity index (χ1) is 5.27. The van der Waals surface area contributed by atoms with Crippen LogP contribution in [0.5, 0.6) is 0 Å². The predicted molar refractivity (Wildman–Crippen MR) is 53.0 cm³/mol. The molecule has 0 spiro atoms. The molecular formula is C9H20O2S. The van der Waals surface area contributed by atoms with E-state index in [0.29, 0.717) is 11.5 Å². The lowest BCUT2D eigenvalue weighted by Crippen LogP contribution is -2.16. The summed E-state index contributed by atoms with van der Waals surface area (Å²) in [5, 5.41) is 0. The van der Waals surface area contributed by atoms with E-state index < -0.39 is 9.84 Å². The van der Waals surface area contributed by atoms with Crippen molar-refractivity contribution in [1.29, 1.82) is 0 Å². The maximum Gasteiger partial charge on any atom is 0.150 e. The van der Waals surface area contributed by atoms with Gasteiger partial charge in [0, 0.05) is 5.75 Å². The maximum atomic E-state index is 11.3. The van der Waals surface area contributed by atoms with Crippen LogP contribution in [-0.4, -0.2) is 19.9 Å². The normalized spacial score (nSPS) is 13.3. The number of hydrogen-bond donors (Lipinski definition) is 0. The number of rotatable bonds is 4. The van der Waals surface area contributed by atoms with Crippen LogP contribution in [0.3, 0.4) is 0 Å². The molecule has 0 aromatic rings. The van der Waals surface area contributed by atoms with Crippen LogP contribution in [0.1, 0.15) is 40.5 Å². The molecule has 2 nitrogen and oxygen atoms in total. The molecule has 3 heteroatoms. The molecule has 0 aromatic carbocycles. The highest BCUT2D eigenvalue weighted by Crippen LogP contribution is 2.19. The molecule has 0 bridgehead atoms. The molecule has 0 aliphatic heterocycles. The van der Waals surface area contributed by atoms with E-state index >= 15 is 0 Å². The Bertz CT molecular complexity index is 209. The van der Waals surface area contributed by atoms with Gasteiger partial charge in [0.2, 0.25) is 0 Å². The van der Waals surface area contributed by atoms with Gasteiger partial charge < -0.3 is 0 Å². The van der Waals surface area contributed by atoms with Crippen LogP contribution in [-0.2, 0) is 9.84 Å². The fourth-order valence-electron chi connectivity index (χ4n) is 0.875. The van der Waals surface area contributed by atoms with Crippen LogP contribution < -0.4 is 0 Å². The first-order valence-electron chi connectivity index (χ1n) is 4.47. The van der Waals surface area contributed by atoms with Crippen LogP contribution >= 0.6 is 0 Å². The van der Waals surface area contributed by atoms with Crippen LogP contribution in [0.25, 0.3) is 0 Å². The van der Waals surface area contributed by atoms with E-state index in [2.05, 4.69) is 20.8 Å². The zero-order valence-electron chi connectivity index (χ0n) is 8.55. The second kappa shape index (κ2) is 4.26. The summed E-state index contributed by atoms with van der Waals surface area (Å²) in [5.74, 6) is 0.674. The molecule has 0 fully saturated rings. The van der Waals surface area contributed by atoms with Gasteiger partial charge in [-0.1, -0.05) is 27.7 Å². The molecule has 0 N–H and O–H groups in total. The summed E-state index contributed by atoms with van der Waals surface area (Å²) >= 11 is 0. The fourth-order valence-corrected chi connectivity index (χ4v) is 2.62. The summed E-state index contributed by atoms with van der Waals surface area (Å²) in [6.45, 7) is 8.09. The lowest BCUT2D eigenvalue weighted by Gasteiger charge is -2.17. The molecule has 0 aromatic heterocycles. The molecule has 0 saturated carbocycles. The van der Waals surface area contributed by atoms with Gasteiger partial charge in [-0.3, -0.25) is 0 Å². The average Bonchev–Trinajstić information content (AvgIpc) is 1.83. The summed E-state index contributed by atoms with van der Waals surface area (Å²) in [7, 11) is -2.76. The highest BCUT2D eigenvalue weighted by molar-refractivity contribution is 7.91. The first-order valence-corrected chi connectivity index (χ1v) is 6.29. The quantitative estimate of drug-likeness (QED) is 0.684. The van der Waals surface area contributed by atoms with E-state index in [-0.39, 0.29) is 5.41 Å². The lowest BCUT2D eigenvalue weighted by atomic mass is 9.94. The predicted octanol–water partition coefficient (Wildman–Crippen LogP) is 2.25. The summed E-state index contributed by atoms with van der Waals surface area (Å²) in [5.41, 5.74) is 0.126. The van der Waals surface area contributed by atoms with Crippen molar-refractivity contribution in [2.75, 3.05) is 11.5 Å². The Kier molecular flexibility index (Phi) is 4.24. The number of sulfone groups is 1.